The average molecular weight is 152 g/mol. The van der Waals surface area contributed by atoms with Crippen LogP contribution in [0.15, 0.2) is 24.3 Å². The monoisotopic (exact) mass is 152 g/mol. The molecule has 0 aromatic heterocycles. The predicted octanol–water partition coefficient (Wildman–Crippen LogP) is 0.541. The first-order chi connectivity index (χ1) is 5.22. The quantitative estimate of drug-likeness (QED) is 0.532. The number of hydrogen-bond donors (Lipinski definition) is 2. The molecule has 0 aliphatic heterocycles. The van der Waals surface area contributed by atoms with Gasteiger partial charge in [-0.25, -0.2) is 0 Å². The Bertz CT molecular complexity index is 180. The lowest BCUT2D eigenvalue weighted by Gasteiger charge is -1.93. The molecular weight excluding hydrogens is 139 g/mol. The van der Waals surface area contributed by atoms with E-state index in [4.69, 9.17) is 10.0 Å². The summed E-state index contributed by atoms with van der Waals surface area (Å²) in [6.45, 7) is 4.24. The van der Waals surface area contributed by atoms with Crippen LogP contribution in [0.1, 0.15) is 11.1 Å². The van der Waals surface area contributed by atoms with Crippen molar-refractivity contribution < 1.29 is 10.0 Å². The molecule has 0 fully saturated rings. The van der Waals surface area contributed by atoms with E-state index in [2.05, 4.69) is 38.1 Å². The SMILES string of the molecule is Cc1ccccc1C.OBO. The Morgan fingerprint density at radius 2 is 1.27 bits per heavy atom. The molecular formula is C8H13BO2. The molecule has 0 heterocycles. The molecule has 3 heteroatoms. The lowest BCUT2D eigenvalue weighted by Crippen LogP contribution is -1.75. The lowest BCUT2D eigenvalue weighted by molar-refractivity contribution is 0.448. The van der Waals surface area contributed by atoms with E-state index in [1.165, 1.54) is 11.1 Å². The second-order valence-corrected chi connectivity index (χ2v) is 2.23. The van der Waals surface area contributed by atoms with Gasteiger partial charge in [-0.15, -0.1) is 0 Å². The molecule has 0 unspecified atom stereocenters. The zero-order valence-electron chi connectivity index (χ0n) is 6.91. The summed E-state index contributed by atoms with van der Waals surface area (Å²) in [5.41, 5.74) is 2.74. The smallest absolute Gasteiger partial charge is 0.430 e. The molecule has 0 aliphatic carbocycles. The fourth-order valence-corrected chi connectivity index (χ4v) is 0.663. The third-order valence-electron chi connectivity index (χ3n) is 1.43. The average Bonchev–Trinajstić information content (AvgIpc) is 1.97. The van der Waals surface area contributed by atoms with Crippen molar-refractivity contribution in [1.29, 1.82) is 0 Å². The van der Waals surface area contributed by atoms with Crippen LogP contribution in [0.3, 0.4) is 0 Å². The van der Waals surface area contributed by atoms with Crippen LogP contribution in [-0.4, -0.2) is 17.7 Å². The molecule has 1 rings (SSSR count). The summed E-state index contributed by atoms with van der Waals surface area (Å²) in [6, 6.07) is 8.36. The summed E-state index contributed by atoms with van der Waals surface area (Å²) in [7, 11) is -0.750. The van der Waals surface area contributed by atoms with Gasteiger partial charge in [-0.3, -0.25) is 0 Å². The molecule has 1 aromatic rings. The lowest BCUT2D eigenvalue weighted by atomic mass is 10.1. The largest absolute Gasteiger partial charge is 0.432 e. The van der Waals surface area contributed by atoms with Crippen LogP contribution >= 0.6 is 0 Å². The van der Waals surface area contributed by atoms with Crippen LogP contribution in [0.5, 0.6) is 0 Å². The Labute approximate surface area is 67.8 Å². The van der Waals surface area contributed by atoms with E-state index < -0.39 is 7.69 Å². The van der Waals surface area contributed by atoms with Gasteiger partial charge in [0.05, 0.1) is 0 Å². The Kier molecular flexibility index (Phi) is 5.52. The van der Waals surface area contributed by atoms with E-state index in [0.29, 0.717) is 0 Å². The highest BCUT2D eigenvalue weighted by Gasteiger charge is 1.83. The Morgan fingerprint density at radius 1 is 1.00 bits per heavy atom. The highest BCUT2D eigenvalue weighted by Crippen LogP contribution is 2.02. The topological polar surface area (TPSA) is 40.5 Å². The van der Waals surface area contributed by atoms with Gasteiger partial charge in [-0.2, -0.15) is 0 Å². The summed E-state index contributed by atoms with van der Waals surface area (Å²) in [4.78, 5) is 0. The summed E-state index contributed by atoms with van der Waals surface area (Å²) < 4.78 is 0. The molecule has 0 radical (unpaired) electrons. The van der Waals surface area contributed by atoms with Crippen LogP contribution in [0.2, 0.25) is 0 Å². The molecule has 0 spiro atoms. The summed E-state index contributed by atoms with van der Waals surface area (Å²) in [6.07, 6.45) is 0. The molecule has 0 amide bonds. The number of benzene rings is 1. The Hall–Kier alpha value is -0.795. The van der Waals surface area contributed by atoms with Gasteiger partial charge < -0.3 is 10.0 Å². The third-order valence-corrected chi connectivity index (χ3v) is 1.43. The van der Waals surface area contributed by atoms with Gasteiger partial charge in [0, 0.05) is 0 Å². The van der Waals surface area contributed by atoms with E-state index in [-0.39, 0.29) is 0 Å². The molecule has 2 N–H and O–H groups in total. The highest BCUT2D eigenvalue weighted by molar-refractivity contribution is 6.13. The van der Waals surface area contributed by atoms with Crippen molar-refractivity contribution in [3.05, 3.63) is 35.4 Å². The highest BCUT2D eigenvalue weighted by atomic mass is 16.4. The van der Waals surface area contributed by atoms with Crippen LogP contribution < -0.4 is 0 Å². The van der Waals surface area contributed by atoms with Crippen molar-refractivity contribution in [3.8, 4) is 0 Å². The van der Waals surface area contributed by atoms with E-state index in [0.717, 1.165) is 0 Å². The van der Waals surface area contributed by atoms with Gasteiger partial charge in [0.15, 0.2) is 0 Å². The maximum Gasteiger partial charge on any atom is 0.432 e. The Balaban J connectivity index is 0.000000292. The summed E-state index contributed by atoms with van der Waals surface area (Å²) in [5.74, 6) is 0. The summed E-state index contributed by atoms with van der Waals surface area (Å²) >= 11 is 0. The first kappa shape index (κ1) is 10.2. The van der Waals surface area contributed by atoms with Gasteiger partial charge >= 0.3 is 7.69 Å². The molecule has 0 atom stereocenters. The van der Waals surface area contributed by atoms with Gasteiger partial charge in [0.25, 0.3) is 0 Å². The number of hydrogen-bond acceptors (Lipinski definition) is 2. The van der Waals surface area contributed by atoms with Crippen LogP contribution in [0.25, 0.3) is 0 Å². The molecule has 0 bridgehead atoms. The van der Waals surface area contributed by atoms with Gasteiger partial charge in [-0.1, -0.05) is 24.3 Å². The first-order valence-electron chi connectivity index (χ1n) is 3.46. The number of aryl methyl sites for hydroxylation is 2. The van der Waals surface area contributed by atoms with Gasteiger partial charge in [0.2, 0.25) is 0 Å². The summed E-state index contributed by atoms with van der Waals surface area (Å²) in [5, 5.41) is 14.2. The number of rotatable bonds is 0. The van der Waals surface area contributed by atoms with E-state index in [1.807, 2.05) is 0 Å². The fourth-order valence-electron chi connectivity index (χ4n) is 0.663. The minimum Gasteiger partial charge on any atom is -0.430 e. The standard InChI is InChI=1S/C8H10.BH3O2/c1-7-5-3-4-6-8(7)2;2-1-3/h3-6H,1-2H3;1-3H. The Morgan fingerprint density at radius 3 is 1.45 bits per heavy atom. The molecule has 11 heavy (non-hydrogen) atoms. The zero-order chi connectivity index (χ0) is 8.69. The van der Waals surface area contributed by atoms with Crippen molar-refractivity contribution >= 4 is 7.69 Å². The first-order valence-corrected chi connectivity index (χ1v) is 3.46. The van der Waals surface area contributed by atoms with Crippen molar-refractivity contribution in [2.24, 2.45) is 0 Å². The minimum absolute atomic E-state index is 0.750. The van der Waals surface area contributed by atoms with E-state index >= 15 is 0 Å². The molecule has 2 nitrogen and oxygen atoms in total. The van der Waals surface area contributed by atoms with E-state index in [9.17, 15) is 0 Å². The zero-order valence-corrected chi connectivity index (χ0v) is 6.91. The predicted molar refractivity (Wildman–Crippen MR) is 47.5 cm³/mol. The fraction of sp³-hybridized carbons (Fsp3) is 0.250. The molecule has 0 saturated carbocycles. The van der Waals surface area contributed by atoms with Crippen molar-refractivity contribution in [3.63, 3.8) is 0 Å². The maximum absolute atomic E-state index is 7.12. The maximum atomic E-state index is 7.12. The van der Waals surface area contributed by atoms with Crippen LogP contribution in [-0.2, 0) is 0 Å². The second kappa shape index (κ2) is 5.95. The van der Waals surface area contributed by atoms with Crippen molar-refractivity contribution in [2.75, 3.05) is 0 Å². The van der Waals surface area contributed by atoms with E-state index in [1.54, 1.807) is 0 Å². The van der Waals surface area contributed by atoms with Crippen molar-refractivity contribution in [2.45, 2.75) is 13.8 Å². The van der Waals surface area contributed by atoms with Gasteiger partial charge in [-0.05, 0) is 25.0 Å². The second-order valence-electron chi connectivity index (χ2n) is 2.23. The minimum atomic E-state index is -0.750. The molecule has 1 aromatic carbocycles. The van der Waals surface area contributed by atoms with Crippen molar-refractivity contribution in [1.82, 2.24) is 0 Å². The van der Waals surface area contributed by atoms with Crippen LogP contribution in [0.4, 0.5) is 0 Å². The normalized spacial score (nSPS) is 8.00. The molecule has 0 aliphatic rings. The molecule has 60 valence electrons. The van der Waals surface area contributed by atoms with Gasteiger partial charge in [0.1, 0.15) is 0 Å². The third kappa shape index (κ3) is 4.59. The molecule has 0 saturated heterocycles. The van der Waals surface area contributed by atoms with Crippen LogP contribution in [0, 0.1) is 13.8 Å².